The minimum Gasteiger partial charge on any atom is -0.382 e. The molecule has 2 unspecified atom stereocenters. The maximum atomic E-state index is 6.03. The van der Waals surface area contributed by atoms with Gasteiger partial charge in [0, 0.05) is 38.5 Å². The van der Waals surface area contributed by atoms with Crippen molar-refractivity contribution in [3.63, 3.8) is 0 Å². The van der Waals surface area contributed by atoms with Crippen LogP contribution in [0, 0.1) is 0 Å². The zero-order valence-corrected chi connectivity index (χ0v) is 9.81. The topological polar surface area (TPSA) is 53.1 Å². The van der Waals surface area contributed by atoms with Crippen LogP contribution in [0.2, 0.25) is 0 Å². The van der Waals surface area contributed by atoms with Crippen molar-refractivity contribution in [1.82, 2.24) is 9.55 Å². The van der Waals surface area contributed by atoms with Gasteiger partial charge >= 0.3 is 0 Å². The predicted octanol–water partition coefficient (Wildman–Crippen LogP) is 1.20. The minimum absolute atomic E-state index is 0.118. The molecular formula is C11H21N3O. The summed E-state index contributed by atoms with van der Waals surface area (Å²) in [7, 11) is 1.71. The van der Waals surface area contributed by atoms with E-state index in [4.69, 9.17) is 10.5 Å². The number of imidazole rings is 1. The Morgan fingerprint density at radius 3 is 2.93 bits per heavy atom. The van der Waals surface area contributed by atoms with Crippen LogP contribution in [-0.4, -0.2) is 28.8 Å². The lowest BCUT2D eigenvalue weighted by Crippen LogP contribution is -2.29. The average molecular weight is 211 g/mol. The van der Waals surface area contributed by atoms with E-state index in [1.54, 1.807) is 7.11 Å². The van der Waals surface area contributed by atoms with Crippen molar-refractivity contribution < 1.29 is 4.74 Å². The highest BCUT2D eigenvalue weighted by atomic mass is 16.5. The van der Waals surface area contributed by atoms with Gasteiger partial charge in [0.2, 0.25) is 0 Å². The molecule has 0 radical (unpaired) electrons. The molecule has 0 aliphatic heterocycles. The molecule has 1 heterocycles. The van der Waals surface area contributed by atoms with E-state index in [2.05, 4.69) is 16.5 Å². The van der Waals surface area contributed by atoms with Crippen LogP contribution in [0.1, 0.15) is 26.1 Å². The second kappa shape index (κ2) is 5.88. The van der Waals surface area contributed by atoms with Crippen LogP contribution in [0.5, 0.6) is 0 Å². The summed E-state index contributed by atoms with van der Waals surface area (Å²) in [6.45, 7) is 5.09. The molecule has 1 aromatic rings. The van der Waals surface area contributed by atoms with E-state index in [0.29, 0.717) is 0 Å². The summed E-state index contributed by atoms with van der Waals surface area (Å²) in [6.07, 6.45) is 5.71. The lowest BCUT2D eigenvalue weighted by molar-refractivity contribution is 0.104. The van der Waals surface area contributed by atoms with Gasteiger partial charge in [-0.15, -0.1) is 0 Å². The Morgan fingerprint density at radius 2 is 2.33 bits per heavy atom. The van der Waals surface area contributed by atoms with Crippen LogP contribution >= 0.6 is 0 Å². The lowest BCUT2D eigenvalue weighted by atomic mass is 10.1. The summed E-state index contributed by atoms with van der Waals surface area (Å²) in [5.74, 6) is 1.06. The molecular weight excluding hydrogens is 190 g/mol. The molecule has 0 saturated heterocycles. The molecule has 0 aliphatic rings. The third kappa shape index (κ3) is 3.64. The summed E-state index contributed by atoms with van der Waals surface area (Å²) in [6, 6.07) is 0.118. The van der Waals surface area contributed by atoms with Crippen LogP contribution in [0.3, 0.4) is 0 Å². The Morgan fingerprint density at radius 1 is 1.60 bits per heavy atom. The normalized spacial score (nSPS) is 15.2. The molecule has 86 valence electrons. The van der Waals surface area contributed by atoms with Crippen molar-refractivity contribution in [3.8, 4) is 0 Å². The molecule has 1 aromatic heterocycles. The van der Waals surface area contributed by atoms with Gasteiger partial charge in [0.05, 0.1) is 6.10 Å². The number of nitrogens with zero attached hydrogens (tertiary/aromatic N) is 2. The van der Waals surface area contributed by atoms with Crippen molar-refractivity contribution in [3.05, 3.63) is 18.2 Å². The van der Waals surface area contributed by atoms with Crippen molar-refractivity contribution in [2.24, 2.45) is 5.73 Å². The quantitative estimate of drug-likeness (QED) is 0.769. The van der Waals surface area contributed by atoms with Crippen LogP contribution < -0.4 is 5.73 Å². The average Bonchev–Trinajstić information content (AvgIpc) is 2.64. The van der Waals surface area contributed by atoms with Crippen LogP contribution in [0.15, 0.2) is 12.4 Å². The Labute approximate surface area is 91.4 Å². The van der Waals surface area contributed by atoms with Gasteiger partial charge < -0.3 is 15.0 Å². The molecule has 0 spiro atoms. The van der Waals surface area contributed by atoms with E-state index in [0.717, 1.165) is 25.2 Å². The summed E-state index contributed by atoms with van der Waals surface area (Å²) in [5, 5.41) is 0. The fourth-order valence-electron chi connectivity index (χ4n) is 1.66. The summed E-state index contributed by atoms with van der Waals surface area (Å²) in [5.41, 5.74) is 6.03. The number of methoxy groups -OCH3 is 1. The first-order valence-corrected chi connectivity index (χ1v) is 5.45. The SMILES string of the molecule is CCn1ccnc1CC(N)CC(C)OC. The fraction of sp³-hybridized carbons (Fsp3) is 0.727. The van der Waals surface area contributed by atoms with Crippen LogP contribution in [0.4, 0.5) is 0 Å². The van der Waals surface area contributed by atoms with E-state index in [-0.39, 0.29) is 12.1 Å². The zero-order valence-electron chi connectivity index (χ0n) is 9.81. The van der Waals surface area contributed by atoms with Gasteiger partial charge in [0.15, 0.2) is 0 Å². The van der Waals surface area contributed by atoms with Crippen molar-refractivity contribution in [2.75, 3.05) is 7.11 Å². The molecule has 0 fully saturated rings. The molecule has 0 saturated carbocycles. The van der Waals surface area contributed by atoms with Crippen LogP contribution in [0.25, 0.3) is 0 Å². The molecule has 4 nitrogen and oxygen atoms in total. The van der Waals surface area contributed by atoms with E-state index < -0.39 is 0 Å². The number of nitrogens with two attached hydrogens (primary N) is 1. The third-order valence-electron chi connectivity index (χ3n) is 2.62. The molecule has 0 bridgehead atoms. The highest BCUT2D eigenvalue weighted by Gasteiger charge is 2.11. The maximum Gasteiger partial charge on any atom is 0.110 e. The zero-order chi connectivity index (χ0) is 11.3. The van der Waals surface area contributed by atoms with Crippen LogP contribution in [-0.2, 0) is 17.7 Å². The molecule has 0 amide bonds. The fourth-order valence-corrected chi connectivity index (χ4v) is 1.66. The summed E-state index contributed by atoms with van der Waals surface area (Å²) >= 11 is 0. The van der Waals surface area contributed by atoms with Crippen molar-refractivity contribution in [2.45, 2.75) is 45.4 Å². The smallest absolute Gasteiger partial charge is 0.110 e. The Kier molecular flexibility index (Phi) is 4.78. The lowest BCUT2D eigenvalue weighted by Gasteiger charge is -2.16. The largest absolute Gasteiger partial charge is 0.382 e. The third-order valence-corrected chi connectivity index (χ3v) is 2.62. The first-order chi connectivity index (χ1) is 7.17. The molecule has 1 rings (SSSR count). The molecule has 15 heavy (non-hydrogen) atoms. The number of aryl methyl sites for hydroxylation is 1. The predicted molar refractivity (Wildman–Crippen MR) is 60.7 cm³/mol. The summed E-state index contributed by atoms with van der Waals surface area (Å²) < 4.78 is 7.31. The maximum absolute atomic E-state index is 6.03. The van der Waals surface area contributed by atoms with Gasteiger partial charge in [-0.05, 0) is 20.3 Å². The second-order valence-corrected chi connectivity index (χ2v) is 3.88. The van der Waals surface area contributed by atoms with Gasteiger partial charge in [0.25, 0.3) is 0 Å². The molecule has 2 atom stereocenters. The van der Waals surface area contributed by atoms with E-state index in [1.165, 1.54) is 0 Å². The van der Waals surface area contributed by atoms with E-state index in [9.17, 15) is 0 Å². The first-order valence-electron chi connectivity index (χ1n) is 5.45. The minimum atomic E-state index is 0.118. The molecule has 0 aromatic carbocycles. The highest BCUT2D eigenvalue weighted by Crippen LogP contribution is 2.06. The Balaban J connectivity index is 2.47. The number of ether oxygens (including phenoxy) is 1. The number of rotatable bonds is 6. The Hall–Kier alpha value is -0.870. The first kappa shape index (κ1) is 12.2. The molecule has 4 heteroatoms. The molecule has 0 aliphatic carbocycles. The van der Waals surface area contributed by atoms with Gasteiger partial charge in [-0.1, -0.05) is 0 Å². The highest BCUT2D eigenvalue weighted by molar-refractivity contribution is 4.95. The van der Waals surface area contributed by atoms with E-state index >= 15 is 0 Å². The number of hydrogen-bond acceptors (Lipinski definition) is 3. The van der Waals surface area contributed by atoms with Crippen molar-refractivity contribution in [1.29, 1.82) is 0 Å². The number of aromatic nitrogens is 2. The van der Waals surface area contributed by atoms with Crippen molar-refractivity contribution >= 4 is 0 Å². The summed E-state index contributed by atoms with van der Waals surface area (Å²) in [4.78, 5) is 4.30. The van der Waals surface area contributed by atoms with E-state index in [1.807, 2.05) is 19.3 Å². The Bertz CT molecular complexity index is 285. The monoisotopic (exact) mass is 211 g/mol. The van der Waals surface area contributed by atoms with Gasteiger partial charge in [-0.25, -0.2) is 4.98 Å². The van der Waals surface area contributed by atoms with Gasteiger partial charge in [0.1, 0.15) is 5.82 Å². The number of hydrogen-bond donors (Lipinski definition) is 1. The second-order valence-electron chi connectivity index (χ2n) is 3.88. The van der Waals surface area contributed by atoms with Gasteiger partial charge in [-0.2, -0.15) is 0 Å². The molecule has 2 N–H and O–H groups in total. The van der Waals surface area contributed by atoms with Gasteiger partial charge in [-0.3, -0.25) is 0 Å². The standard InChI is InChI=1S/C11H21N3O/c1-4-14-6-5-13-11(14)8-10(12)7-9(2)15-3/h5-6,9-10H,4,7-8,12H2,1-3H3.